The molecule has 3 rings (SSSR count). The van der Waals surface area contributed by atoms with Gasteiger partial charge in [0.1, 0.15) is 12.2 Å². The van der Waals surface area contributed by atoms with E-state index in [-0.39, 0.29) is 18.4 Å². The molecule has 0 bridgehead atoms. The van der Waals surface area contributed by atoms with E-state index in [2.05, 4.69) is 10.9 Å². The summed E-state index contributed by atoms with van der Waals surface area (Å²) in [5.41, 5.74) is 7.36. The molecule has 0 saturated carbocycles. The highest BCUT2D eigenvalue weighted by atomic mass is 16.2. The summed E-state index contributed by atoms with van der Waals surface area (Å²) in [6.45, 7) is 2.10. The summed E-state index contributed by atoms with van der Waals surface area (Å²) < 4.78 is 3.60. The van der Waals surface area contributed by atoms with E-state index in [0.717, 1.165) is 16.6 Å². The van der Waals surface area contributed by atoms with Crippen LogP contribution < -0.4 is 10.9 Å². The molecule has 2 heterocycles. The van der Waals surface area contributed by atoms with E-state index in [1.54, 1.807) is 29.9 Å². The molecule has 0 unspecified atom stereocenters. The van der Waals surface area contributed by atoms with Crippen LogP contribution in [0, 0.1) is 6.92 Å². The molecule has 6 nitrogen and oxygen atoms in total. The number of rotatable bonds is 3. The largest absolute Gasteiger partial charge is 0.347 e. The molecule has 0 aliphatic heterocycles. The number of aromatic nitrogens is 2. The van der Waals surface area contributed by atoms with E-state index in [1.807, 2.05) is 41.8 Å². The molecule has 1 aromatic carbocycles. The van der Waals surface area contributed by atoms with Crippen LogP contribution in [0.4, 0.5) is 0 Å². The van der Waals surface area contributed by atoms with Gasteiger partial charge in [0.25, 0.3) is 11.8 Å². The number of hydrazine groups is 1. The fourth-order valence-electron chi connectivity index (χ4n) is 2.63. The van der Waals surface area contributed by atoms with Crippen LogP contribution in [0.1, 0.15) is 16.2 Å². The zero-order chi connectivity index (χ0) is 16.4. The van der Waals surface area contributed by atoms with Gasteiger partial charge in [0.2, 0.25) is 0 Å². The molecule has 3 aromatic rings. The Morgan fingerprint density at radius 1 is 1.09 bits per heavy atom. The summed E-state index contributed by atoms with van der Waals surface area (Å²) >= 11 is 0. The lowest BCUT2D eigenvalue weighted by Crippen LogP contribution is -2.43. The van der Waals surface area contributed by atoms with Crippen molar-refractivity contribution in [2.24, 2.45) is 7.05 Å². The minimum atomic E-state index is -0.347. The lowest BCUT2D eigenvalue weighted by Gasteiger charge is -2.10. The van der Waals surface area contributed by atoms with Gasteiger partial charge in [-0.3, -0.25) is 20.4 Å². The van der Waals surface area contributed by atoms with Crippen LogP contribution >= 0.6 is 0 Å². The molecule has 0 atom stereocenters. The number of para-hydroxylation sites is 1. The Labute approximate surface area is 133 Å². The highest BCUT2D eigenvalue weighted by Crippen LogP contribution is 2.18. The number of benzene rings is 1. The Balaban J connectivity index is 1.66. The number of carbonyl (C=O) groups excluding carboxylic acids is 2. The molecular weight excluding hydrogens is 292 g/mol. The van der Waals surface area contributed by atoms with Gasteiger partial charge in [-0.05, 0) is 36.6 Å². The maximum atomic E-state index is 12.1. The Morgan fingerprint density at radius 3 is 2.61 bits per heavy atom. The first-order valence-corrected chi connectivity index (χ1v) is 7.31. The second-order valence-electron chi connectivity index (χ2n) is 5.44. The van der Waals surface area contributed by atoms with Crippen molar-refractivity contribution in [3.05, 3.63) is 60.0 Å². The number of carbonyl (C=O) groups is 2. The maximum absolute atomic E-state index is 12.1. The predicted octanol–water partition coefficient (Wildman–Crippen LogP) is 1.75. The Hall–Kier alpha value is -3.02. The molecular formula is C17H18N4O2. The van der Waals surface area contributed by atoms with Crippen molar-refractivity contribution in [3.63, 3.8) is 0 Å². The molecule has 0 aliphatic carbocycles. The average molecular weight is 310 g/mol. The van der Waals surface area contributed by atoms with Crippen LogP contribution in [-0.4, -0.2) is 20.9 Å². The summed E-state index contributed by atoms with van der Waals surface area (Å²) in [7, 11) is 1.77. The number of hydrogen-bond donors (Lipinski definition) is 2. The van der Waals surface area contributed by atoms with Crippen molar-refractivity contribution in [2.75, 3.05) is 0 Å². The van der Waals surface area contributed by atoms with Crippen molar-refractivity contribution in [1.29, 1.82) is 0 Å². The van der Waals surface area contributed by atoms with Crippen molar-refractivity contribution < 1.29 is 9.59 Å². The molecule has 118 valence electrons. The molecule has 0 radical (unpaired) electrons. The van der Waals surface area contributed by atoms with Crippen molar-refractivity contribution in [2.45, 2.75) is 13.5 Å². The molecule has 2 N–H and O–H groups in total. The summed E-state index contributed by atoms with van der Waals surface area (Å²) in [5, 5.41) is 1.09. The molecule has 0 spiro atoms. The van der Waals surface area contributed by atoms with E-state index < -0.39 is 0 Å². The van der Waals surface area contributed by atoms with Gasteiger partial charge in [0.15, 0.2) is 0 Å². The van der Waals surface area contributed by atoms with Crippen molar-refractivity contribution in [3.8, 4) is 0 Å². The Morgan fingerprint density at radius 2 is 1.87 bits per heavy atom. The van der Waals surface area contributed by atoms with Crippen LogP contribution in [0.3, 0.4) is 0 Å². The summed E-state index contributed by atoms with van der Waals surface area (Å²) in [6.07, 6.45) is 1.77. The standard InChI is InChI=1S/C17H18N4O2/c1-12-10-13-6-3-4-7-14(13)21(12)11-16(22)18-19-17(23)15-8-5-9-20(15)2/h3-10H,11H2,1-2H3,(H,18,22)(H,19,23). The third-order valence-corrected chi connectivity index (χ3v) is 3.81. The summed E-state index contributed by atoms with van der Waals surface area (Å²) in [6, 6.07) is 13.4. The minimum Gasteiger partial charge on any atom is -0.347 e. The second kappa shape index (κ2) is 6.00. The van der Waals surface area contributed by atoms with Crippen LogP contribution in [0.5, 0.6) is 0 Å². The van der Waals surface area contributed by atoms with Gasteiger partial charge in [-0.25, -0.2) is 0 Å². The van der Waals surface area contributed by atoms with Gasteiger partial charge in [-0.1, -0.05) is 18.2 Å². The zero-order valence-electron chi connectivity index (χ0n) is 13.0. The van der Waals surface area contributed by atoms with Gasteiger partial charge in [0.05, 0.1) is 0 Å². The summed E-state index contributed by atoms with van der Waals surface area (Å²) in [5.74, 6) is -0.628. The van der Waals surface area contributed by atoms with Gasteiger partial charge < -0.3 is 9.13 Å². The first-order chi connectivity index (χ1) is 11.1. The van der Waals surface area contributed by atoms with E-state index in [1.165, 1.54) is 0 Å². The molecule has 2 aromatic heterocycles. The Kier molecular flexibility index (Phi) is 3.89. The normalized spacial score (nSPS) is 10.7. The lowest BCUT2D eigenvalue weighted by molar-refractivity contribution is -0.122. The highest BCUT2D eigenvalue weighted by molar-refractivity contribution is 5.94. The van der Waals surface area contributed by atoms with E-state index in [9.17, 15) is 9.59 Å². The SMILES string of the molecule is Cc1cc2ccccc2n1CC(=O)NNC(=O)c1cccn1C. The maximum Gasteiger partial charge on any atom is 0.286 e. The van der Waals surface area contributed by atoms with Crippen molar-refractivity contribution in [1.82, 2.24) is 20.0 Å². The number of aryl methyl sites for hydroxylation is 2. The third kappa shape index (κ3) is 2.96. The highest BCUT2D eigenvalue weighted by Gasteiger charge is 2.12. The zero-order valence-corrected chi connectivity index (χ0v) is 13.0. The fraction of sp³-hybridized carbons (Fsp3) is 0.176. The van der Waals surface area contributed by atoms with E-state index in [0.29, 0.717) is 5.69 Å². The molecule has 2 amide bonds. The third-order valence-electron chi connectivity index (χ3n) is 3.81. The van der Waals surface area contributed by atoms with Crippen LogP contribution in [0.15, 0.2) is 48.7 Å². The first kappa shape index (κ1) is 14.9. The van der Waals surface area contributed by atoms with Gasteiger partial charge in [-0.2, -0.15) is 0 Å². The topological polar surface area (TPSA) is 68.1 Å². The van der Waals surface area contributed by atoms with E-state index in [4.69, 9.17) is 0 Å². The predicted molar refractivity (Wildman–Crippen MR) is 87.7 cm³/mol. The second-order valence-corrected chi connectivity index (χ2v) is 5.44. The number of nitrogens with one attached hydrogen (secondary N) is 2. The number of hydrogen-bond acceptors (Lipinski definition) is 2. The first-order valence-electron chi connectivity index (χ1n) is 7.31. The van der Waals surface area contributed by atoms with E-state index >= 15 is 0 Å². The Bertz CT molecular complexity index is 876. The minimum absolute atomic E-state index is 0.146. The lowest BCUT2D eigenvalue weighted by atomic mass is 10.2. The average Bonchev–Trinajstić information content (AvgIpc) is 3.09. The van der Waals surface area contributed by atoms with Crippen LogP contribution in [-0.2, 0) is 18.4 Å². The molecule has 0 fully saturated rings. The number of fused-ring (bicyclic) bond motifs is 1. The number of amides is 2. The van der Waals surface area contributed by atoms with Gasteiger partial charge in [-0.15, -0.1) is 0 Å². The molecule has 0 aliphatic rings. The van der Waals surface area contributed by atoms with Crippen LogP contribution in [0.2, 0.25) is 0 Å². The number of nitrogens with zero attached hydrogens (tertiary/aromatic N) is 2. The van der Waals surface area contributed by atoms with Crippen molar-refractivity contribution >= 4 is 22.7 Å². The van der Waals surface area contributed by atoms with Crippen LogP contribution in [0.25, 0.3) is 10.9 Å². The monoisotopic (exact) mass is 310 g/mol. The molecule has 23 heavy (non-hydrogen) atoms. The fourth-order valence-corrected chi connectivity index (χ4v) is 2.63. The van der Waals surface area contributed by atoms with Gasteiger partial charge >= 0.3 is 0 Å². The molecule has 6 heteroatoms. The smallest absolute Gasteiger partial charge is 0.286 e. The van der Waals surface area contributed by atoms with Gasteiger partial charge in [0, 0.05) is 24.5 Å². The molecule has 0 saturated heterocycles. The quantitative estimate of drug-likeness (QED) is 0.724. The summed E-state index contributed by atoms with van der Waals surface area (Å²) in [4.78, 5) is 24.1.